The van der Waals surface area contributed by atoms with Gasteiger partial charge in [-0.05, 0) is 18.4 Å². The molecule has 0 saturated carbocycles. The average molecular weight is 340 g/mol. The number of anilines is 1. The van der Waals surface area contributed by atoms with Crippen LogP contribution in [0, 0.1) is 0 Å². The molecule has 3 rings (SSSR count). The third kappa shape index (κ3) is 2.91. The number of hydrogen-bond donors (Lipinski definition) is 0. The Kier molecular flexibility index (Phi) is 4.25. The third-order valence-electron chi connectivity index (χ3n) is 4.00. The quantitative estimate of drug-likeness (QED) is 0.806. The molecule has 0 atom stereocenters. The molecule has 1 aromatic carbocycles. The number of halogens is 1. The highest BCUT2D eigenvalue weighted by molar-refractivity contribution is 7.89. The summed E-state index contributed by atoms with van der Waals surface area (Å²) >= 11 is 6.26. The number of sulfonamides is 1. The lowest BCUT2D eigenvalue weighted by Crippen LogP contribution is -2.49. The summed E-state index contributed by atoms with van der Waals surface area (Å²) < 4.78 is 25.3. The van der Waals surface area contributed by atoms with Crippen LogP contribution in [-0.2, 0) is 10.0 Å². The van der Waals surface area contributed by atoms with E-state index in [4.69, 9.17) is 11.6 Å². The molecule has 1 aromatic heterocycles. The van der Waals surface area contributed by atoms with Crippen molar-refractivity contribution in [3.8, 4) is 0 Å². The fourth-order valence-corrected chi connectivity index (χ4v) is 4.03. The van der Waals surface area contributed by atoms with Crippen molar-refractivity contribution in [3.05, 3.63) is 35.5 Å². The van der Waals surface area contributed by atoms with Crippen LogP contribution in [0.4, 0.5) is 5.82 Å². The van der Waals surface area contributed by atoms with Crippen molar-refractivity contribution in [2.24, 2.45) is 0 Å². The molecule has 1 fully saturated rings. The highest BCUT2D eigenvalue weighted by Crippen LogP contribution is 2.27. The van der Waals surface area contributed by atoms with Crippen LogP contribution in [0.15, 0.2) is 30.3 Å². The number of pyridine rings is 1. The Morgan fingerprint density at radius 3 is 2.55 bits per heavy atom. The van der Waals surface area contributed by atoms with Crippen molar-refractivity contribution in [1.29, 1.82) is 0 Å². The summed E-state index contributed by atoms with van der Waals surface area (Å²) in [6, 6.07) is 9.85. The Bertz CT molecular complexity index is 786. The summed E-state index contributed by atoms with van der Waals surface area (Å²) in [7, 11) is -3.11. The van der Waals surface area contributed by atoms with Gasteiger partial charge in [0.1, 0.15) is 11.0 Å². The number of fused-ring (bicyclic) bond motifs is 1. The maximum Gasteiger partial charge on any atom is 0.213 e. The molecular weight excluding hydrogens is 322 g/mol. The van der Waals surface area contributed by atoms with E-state index in [0.29, 0.717) is 31.3 Å². The molecule has 1 aliphatic rings. The summed E-state index contributed by atoms with van der Waals surface area (Å²) in [5.74, 6) is 0.949. The van der Waals surface area contributed by atoms with Gasteiger partial charge in [0, 0.05) is 31.6 Å². The third-order valence-corrected chi connectivity index (χ3v) is 6.17. The van der Waals surface area contributed by atoms with Gasteiger partial charge < -0.3 is 4.90 Å². The fraction of sp³-hybridized carbons (Fsp3) is 0.400. The Balaban J connectivity index is 1.82. The standard InChI is InChI=1S/C15H18ClN3O2S/c1-2-22(20,21)19-9-7-18(8-10-19)14-11-12-5-3-4-6-13(12)15(16)17-14/h3-6,11H,2,7-10H2,1H3. The lowest BCUT2D eigenvalue weighted by atomic mass is 10.2. The van der Waals surface area contributed by atoms with E-state index in [9.17, 15) is 8.42 Å². The van der Waals surface area contributed by atoms with Gasteiger partial charge in [0.25, 0.3) is 0 Å². The van der Waals surface area contributed by atoms with Gasteiger partial charge in [-0.3, -0.25) is 0 Å². The number of benzene rings is 1. The van der Waals surface area contributed by atoms with Crippen LogP contribution in [0.5, 0.6) is 0 Å². The highest BCUT2D eigenvalue weighted by atomic mass is 35.5. The number of aromatic nitrogens is 1. The fourth-order valence-electron chi connectivity index (χ4n) is 2.68. The second kappa shape index (κ2) is 6.02. The summed E-state index contributed by atoms with van der Waals surface area (Å²) in [5.41, 5.74) is 0. The van der Waals surface area contributed by atoms with Gasteiger partial charge in [0.15, 0.2) is 0 Å². The molecule has 0 aliphatic carbocycles. The molecule has 0 radical (unpaired) electrons. The first kappa shape index (κ1) is 15.5. The van der Waals surface area contributed by atoms with E-state index < -0.39 is 10.0 Å². The van der Waals surface area contributed by atoms with Crippen LogP contribution >= 0.6 is 11.6 Å². The predicted molar refractivity (Wildman–Crippen MR) is 90.0 cm³/mol. The molecule has 22 heavy (non-hydrogen) atoms. The molecule has 0 N–H and O–H groups in total. The van der Waals surface area contributed by atoms with Crippen LogP contribution < -0.4 is 4.90 Å². The second-order valence-corrected chi connectivity index (χ2v) is 7.89. The van der Waals surface area contributed by atoms with Crippen LogP contribution in [0.3, 0.4) is 0 Å². The molecular formula is C15H18ClN3O2S. The van der Waals surface area contributed by atoms with Gasteiger partial charge in [0.2, 0.25) is 10.0 Å². The van der Waals surface area contributed by atoms with E-state index in [2.05, 4.69) is 9.88 Å². The van der Waals surface area contributed by atoms with E-state index >= 15 is 0 Å². The maximum atomic E-state index is 11.9. The number of piperazine rings is 1. The smallest absolute Gasteiger partial charge is 0.213 e. The van der Waals surface area contributed by atoms with Crippen molar-refractivity contribution >= 4 is 38.2 Å². The van der Waals surface area contributed by atoms with Crippen LogP contribution in [-0.4, -0.2) is 49.6 Å². The summed E-state index contributed by atoms with van der Waals surface area (Å²) in [4.78, 5) is 6.54. The first-order valence-electron chi connectivity index (χ1n) is 7.29. The molecule has 0 amide bonds. The second-order valence-electron chi connectivity index (χ2n) is 5.28. The largest absolute Gasteiger partial charge is 0.354 e. The van der Waals surface area contributed by atoms with E-state index in [1.165, 1.54) is 0 Å². The number of rotatable bonds is 3. The summed E-state index contributed by atoms with van der Waals surface area (Å²) in [6.07, 6.45) is 0. The Morgan fingerprint density at radius 1 is 1.18 bits per heavy atom. The maximum absolute atomic E-state index is 11.9. The molecule has 0 bridgehead atoms. The van der Waals surface area contributed by atoms with Gasteiger partial charge in [0.05, 0.1) is 5.75 Å². The topological polar surface area (TPSA) is 53.5 Å². The molecule has 118 valence electrons. The summed E-state index contributed by atoms with van der Waals surface area (Å²) in [6.45, 7) is 3.90. The monoisotopic (exact) mass is 339 g/mol. The van der Waals surface area contributed by atoms with Crippen molar-refractivity contribution in [2.75, 3.05) is 36.8 Å². The van der Waals surface area contributed by atoms with Gasteiger partial charge in [-0.15, -0.1) is 0 Å². The zero-order valence-electron chi connectivity index (χ0n) is 12.4. The van der Waals surface area contributed by atoms with E-state index in [1.807, 2.05) is 30.3 Å². The minimum Gasteiger partial charge on any atom is -0.354 e. The van der Waals surface area contributed by atoms with Crippen molar-refractivity contribution in [1.82, 2.24) is 9.29 Å². The van der Waals surface area contributed by atoms with Crippen molar-refractivity contribution in [2.45, 2.75) is 6.92 Å². The predicted octanol–water partition coefficient (Wildman–Crippen LogP) is 2.36. The zero-order valence-corrected chi connectivity index (χ0v) is 13.9. The molecule has 1 saturated heterocycles. The minimum atomic E-state index is -3.11. The van der Waals surface area contributed by atoms with Crippen LogP contribution in [0.1, 0.15) is 6.92 Å². The first-order valence-corrected chi connectivity index (χ1v) is 9.28. The van der Waals surface area contributed by atoms with E-state index in [0.717, 1.165) is 16.6 Å². The number of nitrogens with zero attached hydrogens (tertiary/aromatic N) is 3. The first-order chi connectivity index (χ1) is 10.5. The Labute approximate surface area is 135 Å². The SMILES string of the molecule is CCS(=O)(=O)N1CCN(c2cc3ccccc3c(Cl)n2)CC1. The van der Waals surface area contributed by atoms with Crippen LogP contribution in [0.25, 0.3) is 10.8 Å². The lowest BCUT2D eigenvalue weighted by molar-refractivity contribution is 0.384. The van der Waals surface area contributed by atoms with E-state index in [1.54, 1.807) is 11.2 Å². The Hall–Kier alpha value is -1.37. The molecule has 2 heterocycles. The van der Waals surface area contributed by atoms with Gasteiger partial charge in [-0.25, -0.2) is 13.4 Å². The van der Waals surface area contributed by atoms with Gasteiger partial charge >= 0.3 is 0 Å². The van der Waals surface area contributed by atoms with Crippen molar-refractivity contribution in [3.63, 3.8) is 0 Å². The van der Waals surface area contributed by atoms with Crippen LogP contribution in [0.2, 0.25) is 5.15 Å². The molecule has 2 aromatic rings. The molecule has 5 nitrogen and oxygen atoms in total. The Morgan fingerprint density at radius 2 is 1.86 bits per heavy atom. The lowest BCUT2D eigenvalue weighted by Gasteiger charge is -2.34. The molecule has 0 unspecified atom stereocenters. The molecule has 7 heteroatoms. The summed E-state index contributed by atoms with van der Waals surface area (Å²) in [5, 5.41) is 2.46. The van der Waals surface area contributed by atoms with Gasteiger partial charge in [-0.2, -0.15) is 4.31 Å². The van der Waals surface area contributed by atoms with E-state index in [-0.39, 0.29) is 5.75 Å². The molecule has 0 spiro atoms. The van der Waals surface area contributed by atoms with Crippen molar-refractivity contribution < 1.29 is 8.42 Å². The molecule has 1 aliphatic heterocycles. The average Bonchev–Trinajstić information content (AvgIpc) is 2.55. The van der Waals surface area contributed by atoms with Gasteiger partial charge in [-0.1, -0.05) is 35.9 Å². The zero-order chi connectivity index (χ0) is 15.7. The minimum absolute atomic E-state index is 0.146. The number of hydrogen-bond acceptors (Lipinski definition) is 4. The normalized spacial score (nSPS) is 17.1. The highest BCUT2D eigenvalue weighted by Gasteiger charge is 2.26.